The number of nitrogens with zero attached hydrogens (tertiary/aromatic N) is 2. The lowest BCUT2D eigenvalue weighted by atomic mass is 10.0. The highest BCUT2D eigenvalue weighted by molar-refractivity contribution is 5.27. The van der Waals surface area contributed by atoms with Gasteiger partial charge in [-0.25, -0.2) is 14.4 Å². The Morgan fingerprint density at radius 3 is 2.76 bits per heavy atom. The highest BCUT2D eigenvalue weighted by atomic mass is 19.1. The molecule has 0 bridgehead atoms. The molecule has 88 valence electrons. The van der Waals surface area contributed by atoms with Crippen LogP contribution in [-0.2, 0) is 0 Å². The van der Waals surface area contributed by atoms with Gasteiger partial charge in [0.15, 0.2) is 0 Å². The van der Waals surface area contributed by atoms with E-state index in [-0.39, 0.29) is 11.9 Å². The number of hydrogen-bond donors (Lipinski definition) is 1. The summed E-state index contributed by atoms with van der Waals surface area (Å²) in [7, 11) is 1.83. The summed E-state index contributed by atoms with van der Waals surface area (Å²) in [4.78, 5) is 8.41. The van der Waals surface area contributed by atoms with Gasteiger partial charge < -0.3 is 5.32 Å². The lowest BCUT2D eigenvalue weighted by Gasteiger charge is -2.16. The van der Waals surface area contributed by atoms with E-state index in [0.29, 0.717) is 5.82 Å². The van der Waals surface area contributed by atoms with Crippen molar-refractivity contribution in [1.82, 2.24) is 15.3 Å². The van der Waals surface area contributed by atoms with Crippen LogP contribution in [0.25, 0.3) is 0 Å². The third kappa shape index (κ3) is 2.65. The van der Waals surface area contributed by atoms with E-state index in [1.54, 1.807) is 12.3 Å². The Morgan fingerprint density at radius 2 is 2.12 bits per heavy atom. The molecule has 17 heavy (non-hydrogen) atoms. The molecule has 3 nitrogen and oxygen atoms in total. The summed E-state index contributed by atoms with van der Waals surface area (Å²) in [6, 6.07) is 8.23. The molecule has 1 heterocycles. The lowest BCUT2D eigenvalue weighted by molar-refractivity contribution is 0.613. The van der Waals surface area contributed by atoms with Crippen molar-refractivity contribution in [3.63, 3.8) is 0 Å². The van der Waals surface area contributed by atoms with Crippen molar-refractivity contribution in [2.45, 2.75) is 13.0 Å². The Labute approximate surface area is 99.7 Å². The van der Waals surface area contributed by atoms with E-state index in [0.717, 1.165) is 11.3 Å². The molecule has 0 fully saturated rings. The zero-order valence-corrected chi connectivity index (χ0v) is 9.81. The van der Waals surface area contributed by atoms with Crippen LogP contribution in [0.15, 0.2) is 36.5 Å². The van der Waals surface area contributed by atoms with Gasteiger partial charge in [0, 0.05) is 6.20 Å². The summed E-state index contributed by atoms with van der Waals surface area (Å²) >= 11 is 0. The van der Waals surface area contributed by atoms with Gasteiger partial charge >= 0.3 is 0 Å². The second-order valence-corrected chi connectivity index (χ2v) is 3.81. The van der Waals surface area contributed by atoms with Crippen LogP contribution in [0.2, 0.25) is 0 Å². The van der Waals surface area contributed by atoms with E-state index in [2.05, 4.69) is 15.3 Å². The number of hydrogen-bond acceptors (Lipinski definition) is 3. The van der Waals surface area contributed by atoms with Gasteiger partial charge in [0.25, 0.3) is 0 Å². The predicted octanol–water partition coefficient (Wildman–Crippen LogP) is 2.23. The molecule has 4 heteroatoms. The number of aryl methyl sites for hydroxylation is 1. The first kappa shape index (κ1) is 11.7. The summed E-state index contributed by atoms with van der Waals surface area (Å²) in [5.41, 5.74) is 1.69. The Morgan fingerprint density at radius 1 is 1.29 bits per heavy atom. The second kappa shape index (κ2) is 5.01. The molecule has 2 aromatic rings. The Hall–Kier alpha value is -1.81. The van der Waals surface area contributed by atoms with Gasteiger partial charge in [-0.2, -0.15) is 0 Å². The van der Waals surface area contributed by atoms with Crippen molar-refractivity contribution >= 4 is 0 Å². The molecule has 1 aromatic heterocycles. The predicted molar refractivity (Wildman–Crippen MR) is 64.1 cm³/mol. The van der Waals surface area contributed by atoms with Gasteiger partial charge in [0.1, 0.15) is 11.6 Å². The molecule has 0 amide bonds. The molecule has 1 N–H and O–H groups in total. The average molecular weight is 231 g/mol. The van der Waals surface area contributed by atoms with Crippen molar-refractivity contribution in [1.29, 1.82) is 0 Å². The maximum absolute atomic E-state index is 13.2. The van der Waals surface area contributed by atoms with Gasteiger partial charge in [0.05, 0.1) is 11.7 Å². The Bertz CT molecular complexity index is 468. The zero-order chi connectivity index (χ0) is 12.3. The first-order valence-electron chi connectivity index (χ1n) is 5.43. The van der Waals surface area contributed by atoms with E-state index >= 15 is 0 Å². The summed E-state index contributed by atoms with van der Waals surface area (Å²) < 4.78 is 13.2. The SMILES string of the molecule is CNC(c1cccc(F)c1)c1ccnc(C)n1. The van der Waals surface area contributed by atoms with E-state index in [1.807, 2.05) is 26.1 Å². The molecular formula is C13H14FN3. The highest BCUT2D eigenvalue weighted by Gasteiger charge is 2.13. The fourth-order valence-corrected chi connectivity index (χ4v) is 1.81. The van der Waals surface area contributed by atoms with Crippen LogP contribution < -0.4 is 5.32 Å². The zero-order valence-electron chi connectivity index (χ0n) is 9.81. The monoisotopic (exact) mass is 231 g/mol. The van der Waals surface area contributed by atoms with Crippen LogP contribution in [-0.4, -0.2) is 17.0 Å². The average Bonchev–Trinajstić information content (AvgIpc) is 2.30. The third-order valence-electron chi connectivity index (χ3n) is 2.56. The van der Waals surface area contributed by atoms with Gasteiger partial charge in [-0.05, 0) is 37.7 Å². The Kier molecular flexibility index (Phi) is 3.44. The first-order valence-corrected chi connectivity index (χ1v) is 5.43. The molecule has 0 aliphatic heterocycles. The molecule has 0 saturated carbocycles. The number of rotatable bonds is 3. The normalized spacial score (nSPS) is 12.4. The second-order valence-electron chi connectivity index (χ2n) is 3.81. The van der Waals surface area contributed by atoms with Crippen molar-refractivity contribution < 1.29 is 4.39 Å². The fourth-order valence-electron chi connectivity index (χ4n) is 1.81. The standard InChI is InChI=1S/C13H14FN3/c1-9-16-7-6-12(17-9)13(15-2)10-4-3-5-11(14)8-10/h3-8,13,15H,1-2H3. The number of aromatic nitrogens is 2. The fraction of sp³-hybridized carbons (Fsp3) is 0.231. The summed E-state index contributed by atoms with van der Waals surface area (Å²) in [6.45, 7) is 1.84. The number of halogens is 1. The summed E-state index contributed by atoms with van der Waals surface area (Å²) in [5, 5.41) is 3.13. The molecule has 1 unspecified atom stereocenters. The summed E-state index contributed by atoms with van der Waals surface area (Å²) in [5.74, 6) is 0.465. The topological polar surface area (TPSA) is 37.8 Å². The number of nitrogens with one attached hydrogen (secondary N) is 1. The van der Waals surface area contributed by atoms with E-state index in [9.17, 15) is 4.39 Å². The minimum Gasteiger partial charge on any atom is -0.308 e. The van der Waals surface area contributed by atoms with E-state index in [1.165, 1.54) is 12.1 Å². The largest absolute Gasteiger partial charge is 0.308 e. The van der Waals surface area contributed by atoms with Crippen molar-refractivity contribution in [3.05, 3.63) is 59.4 Å². The van der Waals surface area contributed by atoms with E-state index in [4.69, 9.17) is 0 Å². The molecule has 0 radical (unpaired) electrons. The molecule has 0 saturated heterocycles. The van der Waals surface area contributed by atoms with E-state index < -0.39 is 0 Å². The van der Waals surface area contributed by atoms with Crippen LogP contribution in [0.5, 0.6) is 0 Å². The minimum absolute atomic E-state index is 0.118. The molecule has 0 aliphatic carbocycles. The van der Waals surface area contributed by atoms with Crippen LogP contribution in [0.4, 0.5) is 4.39 Å². The molecule has 2 rings (SSSR count). The summed E-state index contributed by atoms with van der Waals surface area (Å²) in [6.07, 6.45) is 1.71. The van der Waals surface area contributed by atoms with Crippen LogP contribution in [0.3, 0.4) is 0 Å². The van der Waals surface area contributed by atoms with Gasteiger partial charge in [-0.3, -0.25) is 0 Å². The quantitative estimate of drug-likeness (QED) is 0.880. The molecule has 0 aliphatic rings. The maximum atomic E-state index is 13.2. The van der Waals surface area contributed by atoms with Crippen LogP contribution >= 0.6 is 0 Å². The van der Waals surface area contributed by atoms with Crippen molar-refractivity contribution in [3.8, 4) is 0 Å². The molecule has 0 spiro atoms. The van der Waals surface area contributed by atoms with Gasteiger partial charge in [-0.1, -0.05) is 12.1 Å². The smallest absolute Gasteiger partial charge is 0.125 e. The first-order chi connectivity index (χ1) is 8.20. The van der Waals surface area contributed by atoms with Gasteiger partial charge in [0.2, 0.25) is 0 Å². The van der Waals surface area contributed by atoms with Crippen LogP contribution in [0.1, 0.15) is 23.1 Å². The van der Waals surface area contributed by atoms with Crippen molar-refractivity contribution in [2.75, 3.05) is 7.05 Å². The molecule has 1 aromatic carbocycles. The molecule has 1 atom stereocenters. The van der Waals surface area contributed by atoms with Crippen LogP contribution in [0, 0.1) is 12.7 Å². The lowest BCUT2D eigenvalue weighted by Crippen LogP contribution is -2.19. The van der Waals surface area contributed by atoms with Gasteiger partial charge in [-0.15, -0.1) is 0 Å². The third-order valence-corrected chi connectivity index (χ3v) is 2.56. The van der Waals surface area contributed by atoms with Crippen molar-refractivity contribution in [2.24, 2.45) is 0 Å². The number of benzene rings is 1. The molecular weight excluding hydrogens is 217 g/mol. The Balaban J connectivity index is 2.40. The maximum Gasteiger partial charge on any atom is 0.125 e. The minimum atomic E-state index is -0.242. The highest BCUT2D eigenvalue weighted by Crippen LogP contribution is 2.20.